The van der Waals surface area contributed by atoms with Crippen LogP contribution < -0.4 is 5.32 Å². The van der Waals surface area contributed by atoms with Crippen molar-refractivity contribution in [3.63, 3.8) is 0 Å². The highest BCUT2D eigenvalue weighted by Crippen LogP contribution is 2.41. The van der Waals surface area contributed by atoms with Gasteiger partial charge in [-0.2, -0.15) is 0 Å². The Morgan fingerprint density at radius 2 is 2.00 bits per heavy atom. The first-order valence-electron chi connectivity index (χ1n) is 7.58. The molecule has 1 heterocycles. The minimum atomic E-state index is -2.95. The van der Waals surface area contributed by atoms with Gasteiger partial charge in [-0.15, -0.1) is 0 Å². The zero-order chi connectivity index (χ0) is 15.8. The van der Waals surface area contributed by atoms with Gasteiger partial charge in [0.15, 0.2) is 9.84 Å². The summed E-state index contributed by atoms with van der Waals surface area (Å²) in [7, 11) is -1.11. The number of nitrogens with one attached hydrogen (secondary N) is 1. The number of sulfone groups is 1. The number of carboxylic acids is 1. The van der Waals surface area contributed by atoms with Gasteiger partial charge in [0.25, 0.3) is 0 Å². The Hall–Kier alpha value is -0.660. The molecule has 0 aromatic heterocycles. The van der Waals surface area contributed by atoms with Crippen molar-refractivity contribution in [1.82, 2.24) is 10.2 Å². The van der Waals surface area contributed by atoms with Crippen LogP contribution in [0.3, 0.4) is 0 Å². The van der Waals surface area contributed by atoms with Gasteiger partial charge in [-0.05, 0) is 46.1 Å². The predicted octanol–water partition coefficient (Wildman–Crippen LogP) is 0.337. The summed E-state index contributed by atoms with van der Waals surface area (Å²) in [5.41, 5.74) is -0.963. The molecule has 2 aliphatic rings. The Bertz CT molecular complexity index is 501. The summed E-state index contributed by atoms with van der Waals surface area (Å²) in [5.74, 6) is -0.335. The summed E-state index contributed by atoms with van der Waals surface area (Å²) in [6, 6.07) is 0.00356. The summed E-state index contributed by atoms with van der Waals surface area (Å²) < 4.78 is 23.2. The van der Waals surface area contributed by atoms with E-state index < -0.39 is 21.3 Å². The monoisotopic (exact) mass is 318 g/mol. The lowest BCUT2D eigenvalue weighted by atomic mass is 9.90. The second-order valence-electron chi connectivity index (χ2n) is 6.82. The Morgan fingerprint density at radius 1 is 1.38 bits per heavy atom. The molecule has 122 valence electrons. The van der Waals surface area contributed by atoms with Crippen LogP contribution in [0.2, 0.25) is 0 Å². The van der Waals surface area contributed by atoms with E-state index in [0.717, 1.165) is 12.8 Å². The van der Waals surface area contributed by atoms with Gasteiger partial charge >= 0.3 is 5.97 Å². The van der Waals surface area contributed by atoms with Crippen molar-refractivity contribution in [3.8, 4) is 0 Å². The lowest BCUT2D eigenvalue weighted by Crippen LogP contribution is -2.63. The highest BCUT2D eigenvalue weighted by atomic mass is 32.2. The van der Waals surface area contributed by atoms with E-state index in [1.165, 1.54) is 0 Å². The van der Waals surface area contributed by atoms with Crippen LogP contribution in [0.25, 0.3) is 0 Å². The normalized spacial score (nSPS) is 28.0. The fourth-order valence-corrected chi connectivity index (χ4v) is 5.14. The number of aliphatic carboxylic acids is 1. The average molecular weight is 318 g/mol. The van der Waals surface area contributed by atoms with Crippen LogP contribution in [0.1, 0.15) is 33.1 Å². The summed E-state index contributed by atoms with van der Waals surface area (Å²) in [6.07, 6.45) is 2.44. The number of hydrogen-bond acceptors (Lipinski definition) is 5. The number of carboxylic acid groups (broad SMARTS) is 1. The van der Waals surface area contributed by atoms with Gasteiger partial charge in [0.05, 0.1) is 11.5 Å². The van der Waals surface area contributed by atoms with Gasteiger partial charge in [-0.3, -0.25) is 15.0 Å². The van der Waals surface area contributed by atoms with E-state index in [2.05, 4.69) is 5.32 Å². The third-order valence-corrected chi connectivity index (χ3v) is 6.28. The van der Waals surface area contributed by atoms with Crippen molar-refractivity contribution >= 4 is 15.8 Å². The molecule has 1 saturated carbocycles. The molecule has 0 spiro atoms. The van der Waals surface area contributed by atoms with Crippen LogP contribution >= 0.6 is 0 Å². The van der Waals surface area contributed by atoms with Gasteiger partial charge in [0, 0.05) is 18.6 Å². The van der Waals surface area contributed by atoms with E-state index >= 15 is 0 Å². The third kappa shape index (κ3) is 3.76. The topological polar surface area (TPSA) is 86.7 Å². The maximum Gasteiger partial charge on any atom is 0.325 e. The number of carbonyl (C=O) groups is 1. The minimum Gasteiger partial charge on any atom is -0.480 e. The van der Waals surface area contributed by atoms with E-state index in [-0.39, 0.29) is 29.5 Å². The highest BCUT2D eigenvalue weighted by Gasteiger charge is 2.52. The molecule has 7 heteroatoms. The van der Waals surface area contributed by atoms with Gasteiger partial charge in [-0.1, -0.05) is 0 Å². The van der Waals surface area contributed by atoms with Crippen LogP contribution in [-0.4, -0.2) is 67.1 Å². The number of rotatable bonds is 7. The quantitative estimate of drug-likeness (QED) is 0.704. The second-order valence-corrected chi connectivity index (χ2v) is 9.05. The van der Waals surface area contributed by atoms with Gasteiger partial charge < -0.3 is 5.11 Å². The first kappa shape index (κ1) is 16.7. The molecule has 6 nitrogen and oxygen atoms in total. The van der Waals surface area contributed by atoms with Crippen molar-refractivity contribution in [2.75, 3.05) is 25.1 Å². The fraction of sp³-hybridized carbons (Fsp3) is 0.929. The van der Waals surface area contributed by atoms with Crippen LogP contribution in [0, 0.1) is 5.92 Å². The zero-order valence-corrected chi connectivity index (χ0v) is 13.8. The smallest absolute Gasteiger partial charge is 0.325 e. The van der Waals surface area contributed by atoms with Crippen LogP contribution in [0.5, 0.6) is 0 Å². The summed E-state index contributed by atoms with van der Waals surface area (Å²) in [6.45, 7) is 4.24. The molecule has 1 aliphatic carbocycles. The summed E-state index contributed by atoms with van der Waals surface area (Å²) >= 11 is 0. The van der Waals surface area contributed by atoms with E-state index in [1.807, 2.05) is 25.8 Å². The predicted molar refractivity (Wildman–Crippen MR) is 81.1 cm³/mol. The standard InChI is InChI=1S/C14H26N2O4S/c1-10(2)15-14(13(17)18,11-4-5-11)9-16(3)12-6-7-21(19,20)8-12/h10-12,15H,4-9H2,1-3H3,(H,17,18). The zero-order valence-electron chi connectivity index (χ0n) is 13.0. The van der Waals surface area contributed by atoms with Crippen molar-refractivity contribution in [2.45, 2.75) is 50.7 Å². The van der Waals surface area contributed by atoms with E-state index in [9.17, 15) is 18.3 Å². The first-order chi connectivity index (χ1) is 9.66. The highest BCUT2D eigenvalue weighted by molar-refractivity contribution is 7.91. The first-order valence-corrected chi connectivity index (χ1v) is 9.40. The molecule has 0 amide bonds. The fourth-order valence-electron chi connectivity index (χ4n) is 3.33. The molecular formula is C14H26N2O4S. The molecule has 2 N–H and O–H groups in total. The maximum absolute atomic E-state index is 11.9. The molecule has 2 fully saturated rings. The van der Waals surface area contributed by atoms with E-state index in [0.29, 0.717) is 13.0 Å². The van der Waals surface area contributed by atoms with Crippen molar-refractivity contribution < 1.29 is 18.3 Å². The van der Waals surface area contributed by atoms with Crippen molar-refractivity contribution in [3.05, 3.63) is 0 Å². The summed E-state index contributed by atoms with van der Waals surface area (Å²) in [5, 5.41) is 13.0. The lowest BCUT2D eigenvalue weighted by Gasteiger charge is -2.38. The Labute approximate surface area is 126 Å². The largest absolute Gasteiger partial charge is 0.480 e. The number of likely N-dealkylation sites (N-methyl/N-ethyl adjacent to an activating group) is 1. The SMILES string of the molecule is CC(C)NC(CN(C)C1CCS(=O)(=O)C1)(C(=O)O)C1CC1. The molecule has 0 aromatic carbocycles. The molecule has 21 heavy (non-hydrogen) atoms. The Morgan fingerprint density at radius 3 is 2.38 bits per heavy atom. The molecule has 0 aromatic rings. The number of hydrogen-bond donors (Lipinski definition) is 2. The molecular weight excluding hydrogens is 292 g/mol. The van der Waals surface area contributed by atoms with Gasteiger partial charge in [0.2, 0.25) is 0 Å². The third-order valence-electron chi connectivity index (χ3n) is 4.53. The maximum atomic E-state index is 11.9. The summed E-state index contributed by atoms with van der Waals surface area (Å²) in [4.78, 5) is 13.8. The van der Waals surface area contributed by atoms with Crippen LogP contribution in [0.15, 0.2) is 0 Å². The van der Waals surface area contributed by atoms with Gasteiger partial charge in [-0.25, -0.2) is 8.42 Å². The molecule has 2 unspecified atom stereocenters. The van der Waals surface area contributed by atoms with E-state index in [1.54, 1.807) is 0 Å². The average Bonchev–Trinajstić information content (AvgIpc) is 3.12. The molecule has 1 aliphatic heterocycles. The van der Waals surface area contributed by atoms with Crippen molar-refractivity contribution in [1.29, 1.82) is 0 Å². The molecule has 0 radical (unpaired) electrons. The molecule has 2 rings (SSSR count). The van der Waals surface area contributed by atoms with Crippen LogP contribution in [0.4, 0.5) is 0 Å². The minimum absolute atomic E-state index is 0.0681. The molecule has 1 saturated heterocycles. The molecule has 0 bridgehead atoms. The second kappa shape index (κ2) is 5.85. The lowest BCUT2D eigenvalue weighted by molar-refractivity contribution is -0.147. The van der Waals surface area contributed by atoms with E-state index in [4.69, 9.17) is 0 Å². The number of nitrogens with zero attached hydrogens (tertiary/aromatic N) is 1. The Kier molecular flexibility index (Phi) is 4.66. The Balaban J connectivity index is 2.13. The molecule has 2 atom stereocenters. The van der Waals surface area contributed by atoms with Crippen LogP contribution in [-0.2, 0) is 14.6 Å². The van der Waals surface area contributed by atoms with Gasteiger partial charge in [0.1, 0.15) is 5.54 Å². The van der Waals surface area contributed by atoms with Crippen molar-refractivity contribution in [2.24, 2.45) is 5.92 Å².